The summed E-state index contributed by atoms with van der Waals surface area (Å²) in [6, 6.07) is 8.15. The molecule has 21 heavy (non-hydrogen) atoms. The maximum atomic E-state index is 11.8. The minimum Gasteiger partial charge on any atom is -0.330 e. The van der Waals surface area contributed by atoms with Crippen LogP contribution in [0.1, 0.15) is 32.3 Å². The standard InChI is InChI=1S/C17H27N3O/c1-13-7-9-20(10-8-13)12-15-3-5-16(6-4-15)19-17(21)14(2)11-18/h3-6,13-14H,7-12,18H2,1-2H3,(H,19,21). The first-order valence-electron chi connectivity index (χ1n) is 7.90. The summed E-state index contributed by atoms with van der Waals surface area (Å²) in [5.41, 5.74) is 7.64. The SMILES string of the molecule is CC1CCN(Cc2ccc(NC(=O)C(C)CN)cc2)CC1. The van der Waals surface area contributed by atoms with Gasteiger partial charge in [-0.25, -0.2) is 0 Å². The van der Waals surface area contributed by atoms with Crippen molar-refractivity contribution in [3.8, 4) is 0 Å². The fraction of sp³-hybridized carbons (Fsp3) is 0.588. The molecule has 2 rings (SSSR count). The Bertz CT molecular complexity index is 450. The summed E-state index contributed by atoms with van der Waals surface area (Å²) in [7, 11) is 0. The molecule has 0 saturated carbocycles. The van der Waals surface area contributed by atoms with Crippen LogP contribution >= 0.6 is 0 Å². The van der Waals surface area contributed by atoms with Crippen LogP contribution in [-0.2, 0) is 11.3 Å². The van der Waals surface area contributed by atoms with Crippen molar-refractivity contribution in [3.05, 3.63) is 29.8 Å². The van der Waals surface area contributed by atoms with Crippen LogP contribution in [0.15, 0.2) is 24.3 Å². The molecule has 1 amide bonds. The van der Waals surface area contributed by atoms with Crippen molar-refractivity contribution < 1.29 is 4.79 Å². The molecule has 1 fully saturated rings. The first kappa shape index (κ1) is 16.0. The number of piperidine rings is 1. The fourth-order valence-corrected chi connectivity index (χ4v) is 2.54. The molecule has 0 bridgehead atoms. The van der Waals surface area contributed by atoms with Gasteiger partial charge in [-0.1, -0.05) is 26.0 Å². The molecule has 0 spiro atoms. The highest BCUT2D eigenvalue weighted by Crippen LogP contribution is 2.19. The number of anilines is 1. The molecule has 0 aliphatic carbocycles. The molecule has 1 aliphatic rings. The predicted molar refractivity (Wildman–Crippen MR) is 87.0 cm³/mol. The normalized spacial score (nSPS) is 18.4. The van der Waals surface area contributed by atoms with Gasteiger partial charge < -0.3 is 11.1 Å². The topological polar surface area (TPSA) is 58.4 Å². The number of benzene rings is 1. The third kappa shape index (κ3) is 4.83. The number of rotatable bonds is 5. The lowest BCUT2D eigenvalue weighted by atomic mass is 9.99. The third-order valence-electron chi connectivity index (χ3n) is 4.31. The Morgan fingerprint density at radius 2 is 1.95 bits per heavy atom. The van der Waals surface area contributed by atoms with Crippen molar-refractivity contribution in [1.29, 1.82) is 0 Å². The van der Waals surface area contributed by atoms with Crippen molar-refractivity contribution in [3.63, 3.8) is 0 Å². The summed E-state index contributed by atoms with van der Waals surface area (Å²) in [4.78, 5) is 14.3. The van der Waals surface area contributed by atoms with E-state index in [9.17, 15) is 4.79 Å². The van der Waals surface area contributed by atoms with E-state index >= 15 is 0 Å². The van der Waals surface area contributed by atoms with Crippen LogP contribution in [0.4, 0.5) is 5.69 Å². The van der Waals surface area contributed by atoms with Crippen molar-refractivity contribution in [2.24, 2.45) is 17.6 Å². The van der Waals surface area contributed by atoms with Gasteiger partial charge in [0.1, 0.15) is 0 Å². The van der Waals surface area contributed by atoms with Crippen molar-refractivity contribution in [1.82, 2.24) is 4.90 Å². The Morgan fingerprint density at radius 3 is 2.52 bits per heavy atom. The van der Waals surface area contributed by atoms with Crippen molar-refractivity contribution in [2.75, 3.05) is 25.0 Å². The lowest BCUT2D eigenvalue weighted by molar-refractivity contribution is -0.119. The lowest BCUT2D eigenvalue weighted by Gasteiger charge is -2.30. The largest absolute Gasteiger partial charge is 0.330 e. The maximum Gasteiger partial charge on any atom is 0.228 e. The molecule has 0 radical (unpaired) electrons. The van der Waals surface area contributed by atoms with E-state index in [0.717, 1.165) is 18.2 Å². The molecule has 1 unspecified atom stereocenters. The smallest absolute Gasteiger partial charge is 0.228 e. The zero-order valence-electron chi connectivity index (χ0n) is 13.1. The molecule has 1 aromatic carbocycles. The number of hydrogen-bond donors (Lipinski definition) is 2. The quantitative estimate of drug-likeness (QED) is 0.875. The van der Waals surface area contributed by atoms with Crippen LogP contribution in [0.25, 0.3) is 0 Å². The maximum absolute atomic E-state index is 11.8. The van der Waals surface area contributed by atoms with Gasteiger partial charge in [0.2, 0.25) is 5.91 Å². The number of carbonyl (C=O) groups is 1. The van der Waals surface area contributed by atoms with Crippen LogP contribution in [0.2, 0.25) is 0 Å². The summed E-state index contributed by atoms with van der Waals surface area (Å²) in [6.45, 7) is 7.91. The summed E-state index contributed by atoms with van der Waals surface area (Å²) in [5.74, 6) is 0.693. The molecule has 4 nitrogen and oxygen atoms in total. The highest BCUT2D eigenvalue weighted by Gasteiger charge is 2.15. The van der Waals surface area contributed by atoms with Crippen LogP contribution in [0.5, 0.6) is 0 Å². The molecular weight excluding hydrogens is 262 g/mol. The van der Waals surface area contributed by atoms with E-state index in [1.54, 1.807) is 0 Å². The van der Waals surface area contributed by atoms with Crippen molar-refractivity contribution >= 4 is 11.6 Å². The minimum absolute atomic E-state index is 0.0183. The summed E-state index contributed by atoms with van der Waals surface area (Å²) < 4.78 is 0. The molecule has 0 aromatic heterocycles. The molecule has 1 heterocycles. The van der Waals surface area contributed by atoms with Gasteiger partial charge >= 0.3 is 0 Å². The summed E-state index contributed by atoms with van der Waals surface area (Å²) in [6.07, 6.45) is 2.59. The van der Waals surface area contributed by atoms with E-state index in [1.165, 1.54) is 31.5 Å². The van der Waals surface area contributed by atoms with Gasteiger partial charge in [-0.2, -0.15) is 0 Å². The van der Waals surface area contributed by atoms with Crippen LogP contribution in [-0.4, -0.2) is 30.4 Å². The Balaban J connectivity index is 1.85. The number of hydrogen-bond acceptors (Lipinski definition) is 3. The Morgan fingerprint density at radius 1 is 1.33 bits per heavy atom. The molecule has 1 atom stereocenters. The Kier molecular flexibility index (Phi) is 5.76. The highest BCUT2D eigenvalue weighted by atomic mass is 16.1. The molecule has 1 saturated heterocycles. The van der Waals surface area contributed by atoms with Gasteiger partial charge in [0.25, 0.3) is 0 Å². The Hall–Kier alpha value is -1.39. The zero-order valence-corrected chi connectivity index (χ0v) is 13.1. The average molecular weight is 289 g/mol. The number of nitrogens with two attached hydrogens (primary N) is 1. The van der Waals surface area contributed by atoms with Gasteiger partial charge in [-0.3, -0.25) is 9.69 Å². The molecular formula is C17H27N3O. The number of nitrogens with one attached hydrogen (secondary N) is 1. The van der Waals surface area contributed by atoms with Crippen LogP contribution in [0, 0.1) is 11.8 Å². The second kappa shape index (κ2) is 7.57. The van der Waals surface area contributed by atoms with E-state index in [4.69, 9.17) is 5.73 Å². The van der Waals surface area contributed by atoms with Crippen LogP contribution < -0.4 is 11.1 Å². The molecule has 1 aromatic rings. The van der Waals surface area contributed by atoms with E-state index in [-0.39, 0.29) is 11.8 Å². The third-order valence-corrected chi connectivity index (χ3v) is 4.31. The lowest BCUT2D eigenvalue weighted by Crippen LogP contribution is -2.32. The number of likely N-dealkylation sites (tertiary alicyclic amines) is 1. The number of nitrogens with zero attached hydrogens (tertiary/aromatic N) is 1. The molecule has 116 valence electrons. The van der Waals surface area contributed by atoms with Gasteiger partial charge in [-0.05, 0) is 49.5 Å². The second-order valence-corrected chi connectivity index (χ2v) is 6.28. The van der Waals surface area contributed by atoms with Crippen LogP contribution in [0.3, 0.4) is 0 Å². The minimum atomic E-state index is -0.153. The monoisotopic (exact) mass is 289 g/mol. The van der Waals surface area contributed by atoms with Gasteiger partial charge in [0.05, 0.1) is 0 Å². The van der Waals surface area contributed by atoms with E-state index in [0.29, 0.717) is 6.54 Å². The van der Waals surface area contributed by atoms with Gasteiger partial charge in [0, 0.05) is 24.7 Å². The first-order valence-corrected chi connectivity index (χ1v) is 7.90. The zero-order chi connectivity index (χ0) is 15.2. The number of amides is 1. The predicted octanol–water partition coefficient (Wildman–Crippen LogP) is 2.45. The van der Waals surface area contributed by atoms with Gasteiger partial charge in [-0.15, -0.1) is 0 Å². The Labute approximate surface area is 127 Å². The van der Waals surface area contributed by atoms with Gasteiger partial charge in [0.15, 0.2) is 0 Å². The second-order valence-electron chi connectivity index (χ2n) is 6.28. The summed E-state index contributed by atoms with van der Waals surface area (Å²) in [5, 5.41) is 2.90. The average Bonchev–Trinajstić information content (AvgIpc) is 2.50. The fourth-order valence-electron chi connectivity index (χ4n) is 2.54. The van der Waals surface area contributed by atoms with Crippen molar-refractivity contribution in [2.45, 2.75) is 33.2 Å². The van der Waals surface area contributed by atoms with E-state index < -0.39 is 0 Å². The van der Waals surface area contributed by atoms with E-state index in [1.807, 2.05) is 19.1 Å². The number of carbonyl (C=O) groups excluding carboxylic acids is 1. The molecule has 3 N–H and O–H groups in total. The van der Waals surface area contributed by atoms with E-state index in [2.05, 4.69) is 29.3 Å². The molecule has 4 heteroatoms. The highest BCUT2D eigenvalue weighted by molar-refractivity contribution is 5.92. The molecule has 1 aliphatic heterocycles. The summed E-state index contributed by atoms with van der Waals surface area (Å²) >= 11 is 0. The first-order chi connectivity index (χ1) is 10.1.